The smallest absolute Gasteiger partial charge is 0.338 e. The van der Waals surface area contributed by atoms with E-state index in [2.05, 4.69) is 6.58 Å². The van der Waals surface area contributed by atoms with Crippen molar-refractivity contribution in [1.82, 2.24) is 0 Å². The van der Waals surface area contributed by atoms with E-state index in [4.69, 9.17) is 9.47 Å². The third-order valence-electron chi connectivity index (χ3n) is 4.32. The fraction of sp³-hybridized carbons (Fsp3) is 0.192. The molecule has 3 heteroatoms. The zero-order chi connectivity index (χ0) is 20.9. The first kappa shape index (κ1) is 20.4. The first-order valence-electron chi connectivity index (χ1n) is 9.63. The van der Waals surface area contributed by atoms with Crippen LogP contribution in [0.25, 0.3) is 17.2 Å². The average Bonchev–Trinajstić information content (AvgIpc) is 2.72. The second-order valence-electron chi connectivity index (χ2n) is 7.81. The summed E-state index contributed by atoms with van der Waals surface area (Å²) in [6.07, 6.45) is 1.79. The van der Waals surface area contributed by atoms with Crippen LogP contribution in [-0.2, 0) is 11.3 Å². The van der Waals surface area contributed by atoms with E-state index in [0.29, 0.717) is 12.2 Å². The predicted octanol–water partition coefficient (Wildman–Crippen LogP) is 6.53. The number of hydrogen-bond acceptors (Lipinski definition) is 3. The molecule has 0 atom stereocenters. The van der Waals surface area contributed by atoms with Gasteiger partial charge in [-0.2, -0.15) is 0 Å². The normalized spacial score (nSPS) is 11.0. The lowest BCUT2D eigenvalue weighted by Crippen LogP contribution is -2.23. The van der Waals surface area contributed by atoms with E-state index in [1.165, 1.54) is 0 Å². The van der Waals surface area contributed by atoms with Crippen molar-refractivity contribution in [2.45, 2.75) is 33.0 Å². The zero-order valence-electron chi connectivity index (χ0n) is 17.1. The minimum Gasteiger partial charge on any atom is -0.488 e. The minimum atomic E-state index is -0.510. The third-order valence-corrected chi connectivity index (χ3v) is 4.32. The molecule has 0 bridgehead atoms. The number of carbonyl (C=O) groups is 1. The van der Waals surface area contributed by atoms with Crippen molar-refractivity contribution in [3.05, 3.63) is 96.1 Å². The van der Waals surface area contributed by atoms with Crippen LogP contribution < -0.4 is 4.74 Å². The second-order valence-corrected chi connectivity index (χ2v) is 7.81. The van der Waals surface area contributed by atoms with Gasteiger partial charge in [-0.25, -0.2) is 4.79 Å². The monoisotopic (exact) mass is 386 g/mol. The van der Waals surface area contributed by atoms with Gasteiger partial charge in [0.2, 0.25) is 0 Å². The molecule has 148 valence electrons. The van der Waals surface area contributed by atoms with E-state index in [1.54, 1.807) is 18.2 Å². The van der Waals surface area contributed by atoms with Crippen LogP contribution in [0.4, 0.5) is 0 Å². The van der Waals surface area contributed by atoms with Gasteiger partial charge >= 0.3 is 5.97 Å². The molecule has 0 aliphatic rings. The first-order valence-corrected chi connectivity index (χ1v) is 9.63. The molecule has 0 unspecified atom stereocenters. The first-order chi connectivity index (χ1) is 13.9. The highest BCUT2D eigenvalue weighted by Crippen LogP contribution is 2.28. The quantitative estimate of drug-likeness (QED) is 0.452. The molecule has 0 N–H and O–H groups in total. The molecule has 0 aliphatic heterocycles. The molecule has 0 saturated carbocycles. The van der Waals surface area contributed by atoms with Crippen LogP contribution >= 0.6 is 0 Å². The molecule has 29 heavy (non-hydrogen) atoms. The van der Waals surface area contributed by atoms with E-state index in [0.717, 1.165) is 28.0 Å². The molecular formula is C26H26O3. The zero-order valence-corrected chi connectivity index (χ0v) is 17.1. The van der Waals surface area contributed by atoms with Gasteiger partial charge < -0.3 is 9.47 Å². The van der Waals surface area contributed by atoms with Gasteiger partial charge in [0.1, 0.15) is 18.0 Å². The summed E-state index contributed by atoms with van der Waals surface area (Å²) in [5.74, 6) is 0.471. The molecule has 3 nitrogen and oxygen atoms in total. The summed E-state index contributed by atoms with van der Waals surface area (Å²) < 4.78 is 11.4. The minimum absolute atomic E-state index is 0.319. The molecule has 0 aliphatic carbocycles. The molecule has 3 rings (SSSR count). The van der Waals surface area contributed by atoms with Crippen molar-refractivity contribution in [2.75, 3.05) is 0 Å². The highest BCUT2D eigenvalue weighted by Gasteiger charge is 2.17. The topological polar surface area (TPSA) is 35.5 Å². The Kier molecular flexibility index (Phi) is 6.18. The highest BCUT2D eigenvalue weighted by molar-refractivity contribution is 5.90. The number of benzene rings is 3. The van der Waals surface area contributed by atoms with Gasteiger partial charge in [-0.15, -0.1) is 0 Å². The maximum atomic E-state index is 12.2. The fourth-order valence-electron chi connectivity index (χ4n) is 2.89. The lowest BCUT2D eigenvalue weighted by atomic mass is 10.0. The Balaban J connectivity index is 1.75. The standard InChI is InChI=1S/C26H26O3/c1-5-20-17-23(15-16-24(20)28-18-19-9-7-6-8-10-19)21-11-13-22(14-12-21)25(27)29-26(2,3)4/h5-17H,1,18H2,2-4H3. The van der Waals surface area contributed by atoms with Gasteiger partial charge in [0, 0.05) is 5.56 Å². The van der Waals surface area contributed by atoms with E-state index in [-0.39, 0.29) is 5.97 Å². The van der Waals surface area contributed by atoms with E-state index in [9.17, 15) is 4.79 Å². The fourth-order valence-corrected chi connectivity index (χ4v) is 2.89. The maximum Gasteiger partial charge on any atom is 0.338 e. The van der Waals surface area contributed by atoms with Gasteiger partial charge in [-0.3, -0.25) is 0 Å². The number of rotatable bonds is 6. The Morgan fingerprint density at radius 2 is 1.59 bits per heavy atom. The van der Waals surface area contributed by atoms with E-state index < -0.39 is 5.60 Å². The largest absolute Gasteiger partial charge is 0.488 e. The Morgan fingerprint density at radius 1 is 0.931 bits per heavy atom. The van der Waals surface area contributed by atoms with Crippen molar-refractivity contribution in [2.24, 2.45) is 0 Å². The molecular weight excluding hydrogens is 360 g/mol. The molecule has 0 spiro atoms. The van der Waals surface area contributed by atoms with Gasteiger partial charge in [-0.05, 0) is 61.7 Å². The summed E-state index contributed by atoms with van der Waals surface area (Å²) in [6.45, 7) is 9.99. The second kappa shape index (κ2) is 8.78. The summed E-state index contributed by atoms with van der Waals surface area (Å²) in [5.41, 5.74) is 4.11. The van der Waals surface area contributed by atoms with Crippen LogP contribution in [0.3, 0.4) is 0 Å². The third kappa shape index (κ3) is 5.58. The molecule has 0 radical (unpaired) electrons. The molecule has 0 aromatic heterocycles. The van der Waals surface area contributed by atoms with E-state index >= 15 is 0 Å². The van der Waals surface area contributed by atoms with Crippen molar-refractivity contribution < 1.29 is 14.3 Å². The van der Waals surface area contributed by atoms with Crippen LogP contribution in [-0.4, -0.2) is 11.6 Å². The number of esters is 1. The predicted molar refractivity (Wildman–Crippen MR) is 118 cm³/mol. The average molecular weight is 386 g/mol. The number of carbonyl (C=O) groups excluding carboxylic acids is 1. The summed E-state index contributed by atoms with van der Waals surface area (Å²) in [6, 6.07) is 23.5. The van der Waals surface area contributed by atoms with Gasteiger partial charge in [0.15, 0.2) is 0 Å². The lowest BCUT2D eigenvalue weighted by Gasteiger charge is -2.19. The molecule has 3 aromatic carbocycles. The summed E-state index contributed by atoms with van der Waals surface area (Å²) in [5, 5.41) is 0. The number of hydrogen-bond donors (Lipinski definition) is 0. The molecule has 0 fully saturated rings. The van der Waals surface area contributed by atoms with Crippen LogP contribution in [0.1, 0.15) is 42.3 Å². The summed E-state index contributed by atoms with van der Waals surface area (Å²) in [7, 11) is 0. The van der Waals surface area contributed by atoms with Gasteiger partial charge in [0.25, 0.3) is 0 Å². The number of ether oxygens (including phenoxy) is 2. The molecule has 3 aromatic rings. The molecule has 0 saturated heterocycles. The van der Waals surface area contributed by atoms with Crippen molar-refractivity contribution in [3.8, 4) is 16.9 Å². The van der Waals surface area contributed by atoms with Gasteiger partial charge in [-0.1, -0.05) is 61.2 Å². The maximum absolute atomic E-state index is 12.2. The Hall–Kier alpha value is -3.33. The van der Waals surface area contributed by atoms with Crippen LogP contribution in [0, 0.1) is 0 Å². The van der Waals surface area contributed by atoms with Crippen molar-refractivity contribution in [3.63, 3.8) is 0 Å². The molecule has 0 amide bonds. The Bertz CT molecular complexity index is 981. The molecule has 0 heterocycles. The van der Waals surface area contributed by atoms with Gasteiger partial charge in [0.05, 0.1) is 5.56 Å². The van der Waals surface area contributed by atoms with Crippen molar-refractivity contribution >= 4 is 12.0 Å². The SMILES string of the molecule is C=Cc1cc(-c2ccc(C(=O)OC(C)(C)C)cc2)ccc1OCc1ccccc1. The Morgan fingerprint density at radius 3 is 2.21 bits per heavy atom. The Labute approximate surface area is 172 Å². The van der Waals surface area contributed by atoms with Crippen LogP contribution in [0.5, 0.6) is 5.75 Å². The summed E-state index contributed by atoms with van der Waals surface area (Å²) in [4.78, 5) is 12.2. The van der Waals surface area contributed by atoms with Crippen LogP contribution in [0.15, 0.2) is 79.4 Å². The van der Waals surface area contributed by atoms with Crippen molar-refractivity contribution in [1.29, 1.82) is 0 Å². The highest BCUT2D eigenvalue weighted by atomic mass is 16.6. The van der Waals surface area contributed by atoms with Crippen LogP contribution in [0.2, 0.25) is 0 Å². The van der Waals surface area contributed by atoms with E-state index in [1.807, 2.05) is 81.4 Å². The summed E-state index contributed by atoms with van der Waals surface area (Å²) >= 11 is 0. The lowest BCUT2D eigenvalue weighted by molar-refractivity contribution is 0.00695.